The van der Waals surface area contributed by atoms with Crippen molar-refractivity contribution in [2.45, 2.75) is 6.04 Å². The maximum atomic E-state index is 11.2. The number of nitrogens with zero attached hydrogens (tertiary/aromatic N) is 1. The van der Waals surface area contributed by atoms with Gasteiger partial charge in [-0.25, -0.2) is 4.79 Å². The molecule has 0 saturated heterocycles. The van der Waals surface area contributed by atoms with Gasteiger partial charge in [0, 0.05) is 13.1 Å². The molecular formula is C8H12N2O2S. The molecular weight excluding hydrogens is 188 g/mol. The van der Waals surface area contributed by atoms with Gasteiger partial charge in [0.25, 0.3) is 0 Å². The standard InChI is InChI=1S/C8H12N2O2S/c1-12-8(11)6-3-2-4-10(6)7(13)5-9/h2-3,6H,4-5,9H2,1H3. The zero-order valence-electron chi connectivity index (χ0n) is 7.40. The van der Waals surface area contributed by atoms with Gasteiger partial charge in [0.2, 0.25) is 0 Å². The molecule has 0 aromatic heterocycles. The van der Waals surface area contributed by atoms with E-state index >= 15 is 0 Å². The van der Waals surface area contributed by atoms with Crippen molar-refractivity contribution in [1.29, 1.82) is 0 Å². The third-order valence-corrected chi connectivity index (χ3v) is 2.30. The van der Waals surface area contributed by atoms with Crippen LogP contribution in [0.3, 0.4) is 0 Å². The van der Waals surface area contributed by atoms with Crippen molar-refractivity contribution in [3.8, 4) is 0 Å². The summed E-state index contributed by atoms with van der Waals surface area (Å²) >= 11 is 5.01. The SMILES string of the molecule is COC(=O)C1C=CCN1C(=S)CN. The van der Waals surface area contributed by atoms with Gasteiger partial charge in [-0.15, -0.1) is 0 Å². The first-order valence-electron chi connectivity index (χ1n) is 3.94. The lowest BCUT2D eigenvalue weighted by Crippen LogP contribution is -2.43. The van der Waals surface area contributed by atoms with Crippen LogP contribution in [0.2, 0.25) is 0 Å². The van der Waals surface area contributed by atoms with Gasteiger partial charge in [0.15, 0.2) is 0 Å². The van der Waals surface area contributed by atoms with E-state index in [2.05, 4.69) is 4.74 Å². The second-order valence-electron chi connectivity index (χ2n) is 2.65. The highest BCUT2D eigenvalue weighted by molar-refractivity contribution is 7.80. The molecule has 0 radical (unpaired) electrons. The highest BCUT2D eigenvalue weighted by Crippen LogP contribution is 2.11. The normalized spacial score (nSPS) is 20.5. The summed E-state index contributed by atoms with van der Waals surface area (Å²) in [6.45, 7) is 0.917. The molecule has 5 heteroatoms. The average Bonchev–Trinajstić information content (AvgIpc) is 2.63. The number of methoxy groups -OCH3 is 1. The molecule has 0 amide bonds. The molecule has 0 aromatic rings. The van der Waals surface area contributed by atoms with Crippen molar-refractivity contribution >= 4 is 23.2 Å². The van der Waals surface area contributed by atoms with Gasteiger partial charge >= 0.3 is 5.97 Å². The van der Waals surface area contributed by atoms with Crippen LogP contribution in [-0.4, -0.2) is 42.1 Å². The molecule has 1 atom stereocenters. The quantitative estimate of drug-likeness (QED) is 0.376. The minimum absolute atomic E-state index is 0.282. The van der Waals surface area contributed by atoms with E-state index in [9.17, 15) is 4.79 Å². The van der Waals surface area contributed by atoms with E-state index in [0.29, 0.717) is 11.5 Å². The molecule has 72 valence electrons. The Hall–Kier alpha value is -0.940. The second kappa shape index (κ2) is 4.34. The molecule has 1 aliphatic rings. The average molecular weight is 200 g/mol. The summed E-state index contributed by atoms with van der Waals surface area (Å²) in [6.07, 6.45) is 3.65. The van der Waals surface area contributed by atoms with Crippen LogP contribution >= 0.6 is 12.2 Å². The summed E-state index contributed by atoms with van der Waals surface area (Å²) in [6, 6.07) is -0.388. The summed E-state index contributed by atoms with van der Waals surface area (Å²) in [7, 11) is 1.36. The van der Waals surface area contributed by atoms with Gasteiger partial charge < -0.3 is 15.4 Å². The molecule has 1 rings (SSSR count). The van der Waals surface area contributed by atoms with Crippen LogP contribution in [-0.2, 0) is 9.53 Å². The lowest BCUT2D eigenvalue weighted by molar-refractivity contribution is -0.143. The first-order valence-corrected chi connectivity index (χ1v) is 4.35. The molecule has 2 N–H and O–H groups in total. The summed E-state index contributed by atoms with van der Waals surface area (Å²) in [5, 5.41) is 0. The Labute approximate surface area is 82.3 Å². The zero-order chi connectivity index (χ0) is 9.84. The maximum absolute atomic E-state index is 11.2. The Morgan fingerprint density at radius 1 is 1.85 bits per heavy atom. The maximum Gasteiger partial charge on any atom is 0.332 e. The number of esters is 1. The summed E-state index contributed by atoms with van der Waals surface area (Å²) in [5.41, 5.74) is 5.39. The first-order chi connectivity index (χ1) is 6.20. The van der Waals surface area contributed by atoms with E-state index in [0.717, 1.165) is 0 Å². The van der Waals surface area contributed by atoms with E-state index < -0.39 is 0 Å². The van der Waals surface area contributed by atoms with Crippen LogP contribution in [0.25, 0.3) is 0 Å². The Morgan fingerprint density at radius 2 is 2.54 bits per heavy atom. The molecule has 0 saturated carbocycles. The first kappa shape index (κ1) is 10.1. The van der Waals surface area contributed by atoms with Gasteiger partial charge in [-0.2, -0.15) is 0 Å². The molecule has 1 heterocycles. The molecule has 13 heavy (non-hydrogen) atoms. The van der Waals surface area contributed by atoms with Crippen molar-refractivity contribution in [3.05, 3.63) is 12.2 Å². The van der Waals surface area contributed by atoms with Gasteiger partial charge in [0.1, 0.15) is 6.04 Å². The molecule has 0 spiro atoms. The molecule has 0 aliphatic carbocycles. The number of carbonyl (C=O) groups is 1. The van der Waals surface area contributed by atoms with Crippen molar-refractivity contribution in [1.82, 2.24) is 4.90 Å². The van der Waals surface area contributed by atoms with Crippen LogP contribution in [0.4, 0.5) is 0 Å². The fraction of sp³-hybridized carbons (Fsp3) is 0.500. The minimum atomic E-state index is -0.388. The number of thiocarbonyl (C=S) groups is 1. The monoisotopic (exact) mass is 200 g/mol. The van der Waals surface area contributed by atoms with Crippen molar-refractivity contribution in [2.24, 2.45) is 5.73 Å². The van der Waals surface area contributed by atoms with Crippen LogP contribution in [0, 0.1) is 0 Å². The van der Waals surface area contributed by atoms with Crippen molar-refractivity contribution < 1.29 is 9.53 Å². The van der Waals surface area contributed by atoms with E-state index in [1.165, 1.54) is 7.11 Å². The van der Waals surface area contributed by atoms with Crippen LogP contribution in [0.15, 0.2) is 12.2 Å². The molecule has 1 unspecified atom stereocenters. The number of hydrogen-bond donors (Lipinski definition) is 1. The highest BCUT2D eigenvalue weighted by atomic mass is 32.1. The predicted octanol–water partition coefficient (Wildman–Crippen LogP) is -0.314. The number of rotatable bonds is 2. The van der Waals surface area contributed by atoms with Crippen molar-refractivity contribution in [3.63, 3.8) is 0 Å². The summed E-state index contributed by atoms with van der Waals surface area (Å²) in [4.78, 5) is 13.6. The molecule has 4 nitrogen and oxygen atoms in total. The largest absolute Gasteiger partial charge is 0.467 e. The Balaban J connectivity index is 2.67. The van der Waals surface area contributed by atoms with Gasteiger partial charge in [-0.05, 0) is 0 Å². The van der Waals surface area contributed by atoms with Gasteiger partial charge in [0.05, 0.1) is 12.1 Å². The topological polar surface area (TPSA) is 55.6 Å². The Morgan fingerprint density at radius 3 is 3.08 bits per heavy atom. The van der Waals surface area contributed by atoms with Crippen LogP contribution in [0.5, 0.6) is 0 Å². The van der Waals surface area contributed by atoms with E-state index in [1.54, 1.807) is 11.0 Å². The molecule has 0 bridgehead atoms. The predicted molar refractivity (Wildman–Crippen MR) is 53.3 cm³/mol. The zero-order valence-corrected chi connectivity index (χ0v) is 8.21. The Kier molecular flexibility index (Phi) is 3.39. The molecule has 0 aromatic carbocycles. The lowest BCUT2D eigenvalue weighted by Gasteiger charge is -2.24. The summed E-state index contributed by atoms with van der Waals surface area (Å²) < 4.78 is 4.63. The third-order valence-electron chi connectivity index (χ3n) is 1.89. The summed E-state index contributed by atoms with van der Waals surface area (Å²) in [5.74, 6) is -0.301. The van der Waals surface area contributed by atoms with Crippen LogP contribution in [0.1, 0.15) is 0 Å². The number of carbonyl (C=O) groups excluding carboxylic acids is 1. The van der Waals surface area contributed by atoms with E-state index in [-0.39, 0.29) is 18.6 Å². The van der Waals surface area contributed by atoms with Gasteiger partial charge in [-0.3, -0.25) is 0 Å². The third kappa shape index (κ3) is 2.05. The van der Waals surface area contributed by atoms with E-state index in [1.807, 2.05) is 6.08 Å². The fourth-order valence-corrected chi connectivity index (χ4v) is 1.41. The minimum Gasteiger partial charge on any atom is -0.467 e. The number of nitrogens with two attached hydrogens (primary N) is 1. The molecule has 0 fully saturated rings. The smallest absolute Gasteiger partial charge is 0.332 e. The fourth-order valence-electron chi connectivity index (χ4n) is 1.22. The molecule has 1 aliphatic heterocycles. The number of hydrogen-bond acceptors (Lipinski definition) is 4. The van der Waals surface area contributed by atoms with Crippen LogP contribution < -0.4 is 5.73 Å². The van der Waals surface area contributed by atoms with Gasteiger partial charge in [-0.1, -0.05) is 24.4 Å². The van der Waals surface area contributed by atoms with E-state index in [4.69, 9.17) is 18.0 Å². The second-order valence-corrected chi connectivity index (χ2v) is 3.12. The van der Waals surface area contributed by atoms with Crippen molar-refractivity contribution in [2.75, 3.05) is 20.2 Å². The lowest BCUT2D eigenvalue weighted by atomic mass is 10.3. The number of ether oxygens (including phenoxy) is 1. The highest BCUT2D eigenvalue weighted by Gasteiger charge is 2.28. The Bertz CT molecular complexity index is 253.